The second-order valence-corrected chi connectivity index (χ2v) is 10.2. The molecule has 1 aliphatic carbocycles. The highest BCUT2D eigenvalue weighted by molar-refractivity contribution is 5.95. The number of rotatable bonds is 12. The molecule has 4 rings (SSSR count). The van der Waals surface area contributed by atoms with Gasteiger partial charge in [-0.3, -0.25) is 15.0 Å². The summed E-state index contributed by atoms with van der Waals surface area (Å²) in [7, 11) is 0. The lowest BCUT2D eigenvalue weighted by Gasteiger charge is -2.26. The van der Waals surface area contributed by atoms with Gasteiger partial charge < -0.3 is 36.3 Å². The number of carbonyl (C=O) groups is 2. The van der Waals surface area contributed by atoms with Crippen LogP contribution in [-0.4, -0.2) is 42.9 Å². The quantitative estimate of drug-likeness (QED) is 0.155. The summed E-state index contributed by atoms with van der Waals surface area (Å²) in [5.41, 5.74) is 14.0. The van der Waals surface area contributed by atoms with Crippen LogP contribution in [0.5, 0.6) is 17.2 Å². The fraction of sp³-hybridized carbons (Fsp3) is 0.344. The van der Waals surface area contributed by atoms with Gasteiger partial charge in [0, 0.05) is 47.9 Å². The summed E-state index contributed by atoms with van der Waals surface area (Å²) in [4.78, 5) is 25.2. The maximum atomic E-state index is 13.3. The number of amides is 2. The van der Waals surface area contributed by atoms with Crippen LogP contribution in [-0.2, 0) is 16.1 Å². The Kier molecular flexibility index (Phi) is 10.9. The molecule has 0 spiro atoms. The minimum absolute atomic E-state index is 0.0664. The number of nitrogens with two attached hydrogens (primary N) is 2. The zero-order chi connectivity index (χ0) is 29.9. The maximum Gasteiger partial charge on any atom is 0.251 e. The minimum atomic E-state index is -0.212. The molecule has 1 saturated carbocycles. The summed E-state index contributed by atoms with van der Waals surface area (Å²) in [6, 6.07) is 19.7. The van der Waals surface area contributed by atoms with Gasteiger partial charge in [-0.05, 0) is 86.7 Å². The second kappa shape index (κ2) is 15.0. The third-order valence-electron chi connectivity index (χ3n) is 6.88. The Morgan fingerprint density at radius 3 is 2.38 bits per heavy atom. The number of hydrogen-bond acceptors (Lipinski definition) is 8. The van der Waals surface area contributed by atoms with Crippen LogP contribution in [0.1, 0.15) is 60.5 Å². The largest absolute Gasteiger partial charge is 0.489 e. The zero-order valence-corrected chi connectivity index (χ0v) is 23.9. The van der Waals surface area contributed by atoms with Gasteiger partial charge in [-0.15, -0.1) is 0 Å². The number of anilines is 1. The Balaban J connectivity index is 1.51. The first-order chi connectivity index (χ1) is 20.3. The SMILES string of the molecule is CCOC(=N)c1ccc(Oc2cc(OCc3cccc(NC(=O)CCN)c3)cc(C(=O)NC3CCC(N)CC3)c2)cc1. The molecule has 0 bridgehead atoms. The number of nitrogens with one attached hydrogen (secondary N) is 3. The summed E-state index contributed by atoms with van der Waals surface area (Å²) < 4.78 is 17.5. The lowest BCUT2D eigenvalue weighted by Crippen LogP contribution is -2.40. The Labute approximate surface area is 246 Å². The third-order valence-corrected chi connectivity index (χ3v) is 6.88. The summed E-state index contributed by atoms with van der Waals surface area (Å²) >= 11 is 0. The van der Waals surface area contributed by atoms with E-state index >= 15 is 0 Å². The molecule has 3 aromatic rings. The molecular weight excluding hydrogens is 534 g/mol. The molecule has 7 N–H and O–H groups in total. The molecule has 0 saturated heterocycles. The van der Waals surface area contributed by atoms with E-state index in [1.807, 2.05) is 25.1 Å². The summed E-state index contributed by atoms with van der Waals surface area (Å²) in [6.45, 7) is 2.73. The van der Waals surface area contributed by atoms with Crippen molar-refractivity contribution in [1.29, 1.82) is 5.41 Å². The molecule has 42 heavy (non-hydrogen) atoms. The topological polar surface area (TPSA) is 162 Å². The van der Waals surface area contributed by atoms with E-state index < -0.39 is 0 Å². The predicted octanol–water partition coefficient (Wildman–Crippen LogP) is 4.71. The average Bonchev–Trinajstić information content (AvgIpc) is 2.98. The zero-order valence-electron chi connectivity index (χ0n) is 23.9. The van der Waals surface area contributed by atoms with E-state index in [0.29, 0.717) is 40.7 Å². The Bertz CT molecular complexity index is 1370. The van der Waals surface area contributed by atoms with E-state index in [0.717, 1.165) is 31.2 Å². The van der Waals surface area contributed by atoms with Crippen molar-refractivity contribution in [3.63, 3.8) is 0 Å². The Hall–Kier alpha value is -4.41. The number of benzene rings is 3. The lowest BCUT2D eigenvalue weighted by molar-refractivity contribution is -0.116. The Morgan fingerprint density at radius 2 is 1.67 bits per heavy atom. The van der Waals surface area contributed by atoms with Crippen molar-refractivity contribution in [3.8, 4) is 17.2 Å². The molecule has 0 heterocycles. The van der Waals surface area contributed by atoms with Gasteiger partial charge >= 0.3 is 0 Å². The number of hydrogen-bond donors (Lipinski definition) is 5. The van der Waals surface area contributed by atoms with Crippen LogP contribution in [0.2, 0.25) is 0 Å². The van der Waals surface area contributed by atoms with Crippen molar-refractivity contribution in [1.82, 2.24) is 5.32 Å². The molecule has 10 nitrogen and oxygen atoms in total. The van der Waals surface area contributed by atoms with Crippen LogP contribution < -0.4 is 31.6 Å². The van der Waals surface area contributed by atoms with Gasteiger partial charge in [-0.2, -0.15) is 0 Å². The van der Waals surface area contributed by atoms with Gasteiger partial charge in [-0.1, -0.05) is 12.1 Å². The molecule has 1 aliphatic rings. The smallest absolute Gasteiger partial charge is 0.251 e. The fourth-order valence-electron chi connectivity index (χ4n) is 4.68. The Morgan fingerprint density at radius 1 is 0.929 bits per heavy atom. The van der Waals surface area contributed by atoms with Crippen LogP contribution in [0.4, 0.5) is 5.69 Å². The monoisotopic (exact) mass is 573 g/mol. The van der Waals surface area contributed by atoms with E-state index in [-0.39, 0.29) is 49.4 Å². The van der Waals surface area contributed by atoms with E-state index in [1.165, 1.54) is 0 Å². The molecule has 0 atom stereocenters. The summed E-state index contributed by atoms with van der Waals surface area (Å²) in [5.74, 6) is 1.14. The molecule has 10 heteroatoms. The molecule has 2 amide bonds. The van der Waals surface area contributed by atoms with Crippen LogP contribution in [0.15, 0.2) is 66.7 Å². The van der Waals surface area contributed by atoms with Gasteiger partial charge in [0.05, 0.1) is 6.61 Å². The van der Waals surface area contributed by atoms with E-state index in [2.05, 4.69) is 10.6 Å². The van der Waals surface area contributed by atoms with Crippen LogP contribution >= 0.6 is 0 Å². The molecule has 1 fully saturated rings. The highest BCUT2D eigenvalue weighted by Gasteiger charge is 2.21. The van der Waals surface area contributed by atoms with E-state index in [4.69, 9.17) is 31.1 Å². The van der Waals surface area contributed by atoms with Crippen molar-refractivity contribution in [2.24, 2.45) is 11.5 Å². The molecule has 0 unspecified atom stereocenters. The first-order valence-electron chi connectivity index (χ1n) is 14.3. The molecule has 0 aromatic heterocycles. The van der Waals surface area contributed by atoms with Crippen molar-refractivity contribution in [3.05, 3.63) is 83.4 Å². The van der Waals surface area contributed by atoms with Crippen LogP contribution in [0.25, 0.3) is 0 Å². The van der Waals surface area contributed by atoms with Gasteiger partial charge in [-0.25, -0.2) is 0 Å². The number of carbonyl (C=O) groups excluding carboxylic acids is 2. The summed E-state index contributed by atoms with van der Waals surface area (Å²) in [6.07, 6.45) is 3.68. The number of ether oxygens (including phenoxy) is 3. The standard InChI is InChI=1S/C32H39N5O5/c1-2-40-31(35)22-6-12-27(13-7-22)42-29-18-23(32(39)37-25-10-8-24(34)9-11-25)17-28(19-29)41-20-21-4-3-5-26(16-21)36-30(38)14-15-33/h3-7,12-13,16-19,24-25,35H,2,8-11,14-15,20,33-34H2,1H3,(H,36,38)(H,37,39). The van der Waals surface area contributed by atoms with Gasteiger partial charge in [0.15, 0.2) is 0 Å². The second-order valence-electron chi connectivity index (χ2n) is 10.2. The fourth-order valence-corrected chi connectivity index (χ4v) is 4.68. The maximum absolute atomic E-state index is 13.3. The molecule has 222 valence electrons. The normalized spacial score (nSPS) is 16.3. The van der Waals surface area contributed by atoms with Crippen molar-refractivity contribution in [2.75, 3.05) is 18.5 Å². The molecule has 0 aliphatic heterocycles. The van der Waals surface area contributed by atoms with Crippen LogP contribution in [0.3, 0.4) is 0 Å². The van der Waals surface area contributed by atoms with Crippen molar-refractivity contribution >= 4 is 23.4 Å². The first-order valence-corrected chi connectivity index (χ1v) is 14.3. The molecular formula is C32H39N5O5. The van der Waals surface area contributed by atoms with E-state index in [9.17, 15) is 9.59 Å². The minimum Gasteiger partial charge on any atom is -0.489 e. The highest BCUT2D eigenvalue weighted by atomic mass is 16.5. The molecule has 3 aromatic carbocycles. The van der Waals surface area contributed by atoms with Crippen molar-refractivity contribution < 1.29 is 23.8 Å². The summed E-state index contributed by atoms with van der Waals surface area (Å²) in [5, 5.41) is 13.9. The average molecular weight is 574 g/mol. The van der Waals surface area contributed by atoms with E-state index in [1.54, 1.807) is 48.5 Å². The first kappa shape index (κ1) is 30.5. The lowest BCUT2D eigenvalue weighted by atomic mass is 9.91. The molecule has 0 radical (unpaired) electrons. The third kappa shape index (κ3) is 9.05. The van der Waals surface area contributed by atoms with Gasteiger partial charge in [0.1, 0.15) is 23.9 Å². The van der Waals surface area contributed by atoms with Crippen molar-refractivity contribution in [2.45, 2.75) is 57.7 Å². The highest BCUT2D eigenvalue weighted by Crippen LogP contribution is 2.29. The van der Waals surface area contributed by atoms with Gasteiger partial charge in [0.2, 0.25) is 11.8 Å². The van der Waals surface area contributed by atoms with Crippen LogP contribution in [0, 0.1) is 5.41 Å². The predicted molar refractivity (Wildman–Crippen MR) is 162 cm³/mol. The van der Waals surface area contributed by atoms with Gasteiger partial charge in [0.25, 0.3) is 5.91 Å².